The minimum absolute atomic E-state index is 0.0873. The van der Waals surface area contributed by atoms with Gasteiger partial charge in [0.15, 0.2) is 0 Å². The molecule has 7 heteroatoms. The summed E-state index contributed by atoms with van der Waals surface area (Å²) >= 11 is 5.60. The van der Waals surface area contributed by atoms with Gasteiger partial charge in [-0.05, 0) is 24.1 Å². The first kappa shape index (κ1) is 16.3. The largest absolute Gasteiger partial charge is 0.416 e. The topological polar surface area (TPSA) is 52.9 Å². The lowest BCUT2D eigenvalue weighted by atomic mass is 9.96. The van der Waals surface area contributed by atoms with Crippen molar-refractivity contribution in [2.75, 3.05) is 5.32 Å². The molecule has 1 rings (SSSR count). The van der Waals surface area contributed by atoms with Gasteiger partial charge < -0.3 is 5.32 Å². The molecular weight excluding hydrogens is 293 g/mol. The van der Waals surface area contributed by atoms with Crippen LogP contribution >= 0.6 is 11.6 Å². The van der Waals surface area contributed by atoms with Crippen LogP contribution in [0.5, 0.6) is 0 Å². The molecule has 0 aliphatic rings. The van der Waals surface area contributed by atoms with Crippen molar-refractivity contribution in [1.82, 2.24) is 0 Å². The molecule has 0 saturated carbocycles. The monoisotopic (exact) mass is 304 g/mol. The van der Waals surface area contributed by atoms with Crippen LogP contribution in [0.2, 0.25) is 5.02 Å². The number of nitrogens with zero attached hydrogens (tertiary/aromatic N) is 1. The highest BCUT2D eigenvalue weighted by atomic mass is 35.5. The molecule has 108 valence electrons. The summed E-state index contributed by atoms with van der Waals surface area (Å²) in [6.45, 7) is 3.35. The van der Waals surface area contributed by atoms with Crippen LogP contribution in [-0.4, -0.2) is 5.91 Å². The first-order valence-electron chi connectivity index (χ1n) is 5.73. The number of carbonyl (C=O) groups excluding carboxylic acids is 1. The van der Waals surface area contributed by atoms with E-state index in [1.165, 1.54) is 6.07 Å². The Morgan fingerprint density at radius 1 is 1.35 bits per heavy atom. The van der Waals surface area contributed by atoms with Gasteiger partial charge in [-0.3, -0.25) is 4.79 Å². The maximum Gasteiger partial charge on any atom is 0.416 e. The predicted octanol–water partition coefficient (Wildman–Crippen LogP) is 4.09. The van der Waals surface area contributed by atoms with Crippen LogP contribution in [-0.2, 0) is 11.0 Å². The summed E-state index contributed by atoms with van der Waals surface area (Å²) in [7, 11) is 0. The number of hydrogen-bond donors (Lipinski definition) is 1. The number of benzene rings is 1. The number of amides is 1. The number of rotatable bonds is 3. The molecule has 1 unspecified atom stereocenters. The average Bonchev–Trinajstić information content (AvgIpc) is 2.26. The van der Waals surface area contributed by atoms with Crippen LogP contribution in [0, 0.1) is 23.2 Å². The van der Waals surface area contributed by atoms with Crippen LogP contribution < -0.4 is 5.32 Å². The van der Waals surface area contributed by atoms with Gasteiger partial charge in [0.2, 0.25) is 5.91 Å². The van der Waals surface area contributed by atoms with E-state index in [1.54, 1.807) is 13.8 Å². The second-order valence-electron chi connectivity index (χ2n) is 4.57. The Labute approximate surface area is 119 Å². The molecule has 0 heterocycles. The third-order valence-electron chi connectivity index (χ3n) is 2.58. The molecule has 1 N–H and O–H groups in total. The third-order valence-corrected chi connectivity index (χ3v) is 2.80. The molecule has 0 saturated heterocycles. The summed E-state index contributed by atoms with van der Waals surface area (Å²) in [6, 6.07) is 4.55. The molecule has 0 radical (unpaired) electrons. The van der Waals surface area contributed by atoms with Crippen molar-refractivity contribution in [1.29, 1.82) is 5.26 Å². The van der Waals surface area contributed by atoms with Crippen molar-refractivity contribution >= 4 is 23.2 Å². The third kappa shape index (κ3) is 4.14. The molecule has 0 aliphatic heterocycles. The fourth-order valence-electron chi connectivity index (χ4n) is 1.56. The highest BCUT2D eigenvalue weighted by Gasteiger charge is 2.31. The van der Waals surface area contributed by atoms with Gasteiger partial charge in [0, 0.05) is 10.7 Å². The summed E-state index contributed by atoms with van der Waals surface area (Å²) in [5, 5.41) is 11.0. The minimum atomic E-state index is -4.56. The first-order chi connectivity index (χ1) is 9.15. The number of hydrogen-bond acceptors (Lipinski definition) is 2. The number of nitrogens with one attached hydrogen (secondary N) is 1. The van der Waals surface area contributed by atoms with E-state index in [4.69, 9.17) is 16.9 Å². The van der Waals surface area contributed by atoms with Crippen LogP contribution in [0.1, 0.15) is 19.4 Å². The summed E-state index contributed by atoms with van der Waals surface area (Å²) in [4.78, 5) is 11.8. The molecule has 1 amide bonds. The lowest BCUT2D eigenvalue weighted by Gasteiger charge is -2.15. The molecule has 0 spiro atoms. The van der Waals surface area contributed by atoms with E-state index in [-0.39, 0.29) is 16.6 Å². The summed E-state index contributed by atoms with van der Waals surface area (Å²) < 4.78 is 37.8. The maximum atomic E-state index is 12.6. The van der Waals surface area contributed by atoms with Crippen molar-refractivity contribution < 1.29 is 18.0 Å². The fourth-order valence-corrected chi connectivity index (χ4v) is 1.79. The quantitative estimate of drug-likeness (QED) is 0.914. The summed E-state index contributed by atoms with van der Waals surface area (Å²) in [6.07, 6.45) is -4.56. The molecule has 0 aromatic heterocycles. The predicted molar refractivity (Wildman–Crippen MR) is 69.0 cm³/mol. The zero-order chi connectivity index (χ0) is 15.5. The van der Waals surface area contributed by atoms with E-state index in [9.17, 15) is 18.0 Å². The van der Waals surface area contributed by atoms with Gasteiger partial charge in [-0.25, -0.2) is 0 Å². The van der Waals surface area contributed by atoms with Gasteiger partial charge in [-0.1, -0.05) is 25.4 Å². The second kappa shape index (κ2) is 6.14. The number of nitriles is 1. The first-order valence-corrected chi connectivity index (χ1v) is 6.11. The minimum Gasteiger partial charge on any atom is -0.325 e. The van der Waals surface area contributed by atoms with Crippen LogP contribution in [0.15, 0.2) is 18.2 Å². The van der Waals surface area contributed by atoms with Gasteiger partial charge in [0.1, 0.15) is 5.92 Å². The average molecular weight is 305 g/mol. The van der Waals surface area contributed by atoms with Crippen molar-refractivity contribution in [3.63, 3.8) is 0 Å². The zero-order valence-electron chi connectivity index (χ0n) is 10.8. The molecule has 1 atom stereocenters. The van der Waals surface area contributed by atoms with E-state index in [0.29, 0.717) is 0 Å². The molecule has 0 aliphatic carbocycles. The standard InChI is InChI=1S/C13H12ClF3N2O/c1-7(2)11(6-18)12(20)19-10-4-8(13(15,16)17)3-9(14)5-10/h3-5,7,11H,1-2H3,(H,19,20). The van der Waals surface area contributed by atoms with E-state index in [2.05, 4.69) is 5.32 Å². The normalized spacial score (nSPS) is 12.9. The van der Waals surface area contributed by atoms with E-state index < -0.39 is 23.6 Å². The van der Waals surface area contributed by atoms with Crippen LogP contribution in [0.25, 0.3) is 0 Å². The number of anilines is 1. The fraction of sp³-hybridized carbons (Fsp3) is 0.385. The smallest absolute Gasteiger partial charge is 0.325 e. The van der Waals surface area contributed by atoms with Crippen molar-refractivity contribution in [3.8, 4) is 6.07 Å². The molecule has 20 heavy (non-hydrogen) atoms. The lowest BCUT2D eigenvalue weighted by molar-refractivity contribution is -0.137. The van der Waals surface area contributed by atoms with Gasteiger partial charge >= 0.3 is 6.18 Å². The number of alkyl halides is 3. The summed E-state index contributed by atoms with van der Waals surface area (Å²) in [5.41, 5.74) is -1.05. The van der Waals surface area contributed by atoms with E-state index >= 15 is 0 Å². The van der Waals surface area contributed by atoms with Gasteiger partial charge in [0.25, 0.3) is 0 Å². The Morgan fingerprint density at radius 3 is 2.40 bits per heavy atom. The molecule has 1 aromatic carbocycles. The van der Waals surface area contributed by atoms with Crippen molar-refractivity contribution in [3.05, 3.63) is 28.8 Å². The Kier molecular flexibility index (Phi) is 5.01. The Bertz CT molecular complexity index is 550. The second-order valence-corrected chi connectivity index (χ2v) is 5.00. The zero-order valence-corrected chi connectivity index (χ0v) is 11.5. The molecular formula is C13H12ClF3N2O. The summed E-state index contributed by atoms with van der Waals surface area (Å²) in [5.74, 6) is -1.84. The number of carbonyl (C=O) groups is 1. The molecule has 0 fully saturated rings. The SMILES string of the molecule is CC(C)C(C#N)C(=O)Nc1cc(Cl)cc(C(F)(F)F)c1. The highest BCUT2D eigenvalue weighted by molar-refractivity contribution is 6.31. The van der Waals surface area contributed by atoms with E-state index in [0.717, 1.165) is 12.1 Å². The molecule has 0 bridgehead atoms. The highest BCUT2D eigenvalue weighted by Crippen LogP contribution is 2.33. The Balaban J connectivity index is 3.02. The Hall–Kier alpha value is -1.74. The number of halogens is 4. The van der Waals surface area contributed by atoms with Crippen molar-refractivity contribution in [2.45, 2.75) is 20.0 Å². The van der Waals surface area contributed by atoms with E-state index in [1.807, 2.05) is 6.07 Å². The lowest BCUT2D eigenvalue weighted by Crippen LogP contribution is -2.25. The van der Waals surface area contributed by atoms with Crippen LogP contribution in [0.3, 0.4) is 0 Å². The molecule has 3 nitrogen and oxygen atoms in total. The maximum absolute atomic E-state index is 12.6. The van der Waals surface area contributed by atoms with Gasteiger partial charge in [0.05, 0.1) is 11.6 Å². The Morgan fingerprint density at radius 2 is 1.95 bits per heavy atom. The van der Waals surface area contributed by atoms with Gasteiger partial charge in [-0.15, -0.1) is 0 Å². The van der Waals surface area contributed by atoms with Crippen LogP contribution in [0.4, 0.5) is 18.9 Å². The van der Waals surface area contributed by atoms with Crippen molar-refractivity contribution in [2.24, 2.45) is 11.8 Å². The van der Waals surface area contributed by atoms with Gasteiger partial charge in [-0.2, -0.15) is 18.4 Å². The molecule has 1 aromatic rings.